The fourth-order valence-corrected chi connectivity index (χ4v) is 5.10. The second kappa shape index (κ2) is 6.75. The zero-order chi connectivity index (χ0) is 21.7. The number of hydrogen-bond acceptors (Lipinski definition) is 6. The Balaban J connectivity index is 2.00. The highest BCUT2D eigenvalue weighted by Gasteiger charge is 2.74. The van der Waals surface area contributed by atoms with Gasteiger partial charge < -0.3 is 20.5 Å². The number of likely N-dealkylation sites (tertiary alicyclic amines) is 1. The number of likely N-dealkylation sites (N-methyl/N-ethyl adjacent to an activating group) is 1. The van der Waals surface area contributed by atoms with Crippen molar-refractivity contribution in [3.63, 3.8) is 0 Å². The first kappa shape index (κ1) is 19.7. The fraction of sp³-hybridized carbons (Fsp3) is 0.318. The maximum atomic E-state index is 13.4. The van der Waals surface area contributed by atoms with Crippen LogP contribution in [0.5, 0.6) is 11.5 Å². The zero-order valence-electron chi connectivity index (χ0n) is 16.9. The second-order valence-electron chi connectivity index (χ2n) is 7.54. The van der Waals surface area contributed by atoms with Gasteiger partial charge in [0.2, 0.25) is 5.91 Å². The van der Waals surface area contributed by atoms with Crippen molar-refractivity contribution in [2.45, 2.75) is 11.5 Å². The molecule has 2 aliphatic heterocycles. The lowest BCUT2D eigenvalue weighted by atomic mass is 9.61. The van der Waals surface area contributed by atoms with Gasteiger partial charge >= 0.3 is 0 Å². The standard InChI is InChI=1S/C22H22N4O4/c1-26-11-15(13-8-9-17(29-2)18(10-13)30-3)21(12-23,19(24)27)22(26)14-6-4-5-7-16(14)25-20(22)28/h4-10,15H,11H2,1-3H3,(H2,24,27)(H,25,28). The van der Waals surface area contributed by atoms with Gasteiger partial charge in [-0.2, -0.15) is 5.26 Å². The minimum atomic E-state index is -1.84. The van der Waals surface area contributed by atoms with Crippen LogP contribution in [0.4, 0.5) is 5.69 Å². The molecule has 0 aliphatic carbocycles. The molecule has 8 nitrogen and oxygen atoms in total. The Morgan fingerprint density at radius 1 is 1.23 bits per heavy atom. The highest BCUT2D eigenvalue weighted by molar-refractivity contribution is 6.11. The Bertz CT molecular complexity index is 1090. The Morgan fingerprint density at radius 2 is 1.93 bits per heavy atom. The van der Waals surface area contributed by atoms with Crippen molar-refractivity contribution in [1.29, 1.82) is 5.26 Å². The molecule has 1 saturated heterocycles. The molecule has 2 aromatic rings. The molecule has 0 aromatic heterocycles. The van der Waals surface area contributed by atoms with E-state index in [1.807, 2.05) is 0 Å². The van der Waals surface area contributed by atoms with E-state index in [1.54, 1.807) is 54.4 Å². The van der Waals surface area contributed by atoms with Crippen LogP contribution >= 0.6 is 0 Å². The van der Waals surface area contributed by atoms with E-state index in [1.165, 1.54) is 14.2 Å². The number of nitrogens with zero attached hydrogens (tertiary/aromatic N) is 2. The average Bonchev–Trinajstić information content (AvgIpc) is 3.21. The van der Waals surface area contributed by atoms with Crippen molar-refractivity contribution in [3.05, 3.63) is 53.6 Å². The van der Waals surface area contributed by atoms with E-state index in [0.29, 0.717) is 28.3 Å². The van der Waals surface area contributed by atoms with Crippen LogP contribution in [-0.4, -0.2) is 44.5 Å². The largest absolute Gasteiger partial charge is 0.493 e. The molecule has 1 fully saturated rings. The summed E-state index contributed by atoms with van der Waals surface area (Å²) >= 11 is 0. The number of nitrogens with one attached hydrogen (secondary N) is 1. The molecule has 3 unspecified atom stereocenters. The molecule has 1 spiro atoms. The van der Waals surface area contributed by atoms with Gasteiger partial charge in [-0.1, -0.05) is 24.3 Å². The summed E-state index contributed by atoms with van der Waals surface area (Å²) in [6.07, 6.45) is 0. The van der Waals surface area contributed by atoms with Crippen LogP contribution in [0.3, 0.4) is 0 Å². The van der Waals surface area contributed by atoms with Gasteiger partial charge in [-0.3, -0.25) is 14.5 Å². The summed E-state index contributed by atoms with van der Waals surface area (Å²) in [5, 5.41) is 13.3. The van der Waals surface area contributed by atoms with Crippen LogP contribution in [0.1, 0.15) is 17.0 Å². The first-order valence-electron chi connectivity index (χ1n) is 9.43. The molecule has 8 heteroatoms. The van der Waals surface area contributed by atoms with Crippen LogP contribution < -0.4 is 20.5 Å². The number of para-hydroxylation sites is 1. The number of primary amides is 1. The van der Waals surface area contributed by atoms with Gasteiger partial charge in [-0.15, -0.1) is 0 Å². The predicted molar refractivity (Wildman–Crippen MR) is 109 cm³/mol. The Morgan fingerprint density at radius 3 is 2.57 bits per heavy atom. The van der Waals surface area contributed by atoms with E-state index in [4.69, 9.17) is 15.2 Å². The van der Waals surface area contributed by atoms with Crippen molar-refractivity contribution in [2.75, 3.05) is 33.1 Å². The molecule has 4 rings (SSSR count). The third kappa shape index (κ3) is 2.18. The van der Waals surface area contributed by atoms with E-state index < -0.39 is 28.7 Å². The van der Waals surface area contributed by atoms with Gasteiger partial charge in [0.1, 0.15) is 0 Å². The molecule has 2 aromatic carbocycles. The highest BCUT2D eigenvalue weighted by atomic mass is 16.5. The summed E-state index contributed by atoms with van der Waals surface area (Å²) in [4.78, 5) is 28.2. The molecule has 2 aliphatic rings. The van der Waals surface area contributed by atoms with Gasteiger partial charge in [0, 0.05) is 23.7 Å². The van der Waals surface area contributed by atoms with Crippen LogP contribution in [0.2, 0.25) is 0 Å². The third-order valence-electron chi connectivity index (χ3n) is 6.39. The number of methoxy groups -OCH3 is 2. The van der Waals surface area contributed by atoms with E-state index in [-0.39, 0.29) is 6.54 Å². The monoisotopic (exact) mass is 406 g/mol. The fourth-order valence-electron chi connectivity index (χ4n) is 5.10. The van der Waals surface area contributed by atoms with E-state index in [9.17, 15) is 14.9 Å². The molecule has 0 saturated carbocycles. The maximum Gasteiger partial charge on any atom is 0.251 e. The summed E-state index contributed by atoms with van der Waals surface area (Å²) < 4.78 is 10.7. The minimum absolute atomic E-state index is 0.272. The van der Waals surface area contributed by atoms with Gasteiger partial charge in [0.05, 0.1) is 20.3 Å². The molecule has 2 amide bonds. The summed E-state index contributed by atoms with van der Waals surface area (Å²) in [6, 6.07) is 14.5. The molecule has 2 heterocycles. The summed E-state index contributed by atoms with van der Waals surface area (Å²) in [5.74, 6) is -0.962. The highest BCUT2D eigenvalue weighted by Crippen LogP contribution is 2.61. The predicted octanol–water partition coefficient (Wildman–Crippen LogP) is 1.58. The van der Waals surface area contributed by atoms with Gasteiger partial charge in [0.15, 0.2) is 22.5 Å². The van der Waals surface area contributed by atoms with Crippen molar-refractivity contribution < 1.29 is 19.1 Å². The second-order valence-corrected chi connectivity index (χ2v) is 7.54. The van der Waals surface area contributed by atoms with E-state index >= 15 is 0 Å². The number of hydrogen-bond donors (Lipinski definition) is 2. The molecule has 3 N–H and O–H groups in total. The van der Waals surface area contributed by atoms with Crippen LogP contribution in [0.15, 0.2) is 42.5 Å². The summed E-state index contributed by atoms with van der Waals surface area (Å²) in [5.41, 5.74) is 4.34. The number of nitrogens with two attached hydrogens (primary N) is 1. The third-order valence-corrected chi connectivity index (χ3v) is 6.39. The lowest BCUT2D eigenvalue weighted by molar-refractivity contribution is -0.140. The number of carbonyl (C=O) groups excluding carboxylic acids is 2. The van der Waals surface area contributed by atoms with Crippen molar-refractivity contribution in [3.8, 4) is 17.6 Å². The Labute approximate surface area is 174 Å². The SMILES string of the molecule is COc1ccc(C2CN(C)C3(C(=O)Nc4ccccc43)C2(C#N)C(N)=O)cc1OC. The van der Waals surface area contributed by atoms with E-state index in [2.05, 4.69) is 11.4 Å². The number of nitriles is 1. The number of ether oxygens (including phenoxy) is 2. The maximum absolute atomic E-state index is 13.4. The van der Waals surface area contributed by atoms with E-state index in [0.717, 1.165) is 0 Å². The topological polar surface area (TPSA) is 118 Å². The molecule has 30 heavy (non-hydrogen) atoms. The Hall–Kier alpha value is -3.57. The summed E-state index contributed by atoms with van der Waals surface area (Å²) in [7, 11) is 4.77. The smallest absolute Gasteiger partial charge is 0.251 e. The lowest BCUT2D eigenvalue weighted by Gasteiger charge is -2.40. The summed E-state index contributed by atoms with van der Waals surface area (Å²) in [6.45, 7) is 0.272. The van der Waals surface area contributed by atoms with Crippen LogP contribution in [0, 0.1) is 16.7 Å². The number of fused-ring (bicyclic) bond motifs is 2. The normalized spacial score (nSPS) is 27.4. The van der Waals surface area contributed by atoms with Crippen molar-refractivity contribution in [2.24, 2.45) is 11.1 Å². The Kier molecular flexibility index (Phi) is 4.44. The van der Waals surface area contributed by atoms with Gasteiger partial charge in [-0.25, -0.2) is 0 Å². The first-order chi connectivity index (χ1) is 14.4. The van der Waals surface area contributed by atoms with Crippen molar-refractivity contribution >= 4 is 17.5 Å². The number of amides is 2. The molecule has 0 bridgehead atoms. The molecular formula is C22H22N4O4. The minimum Gasteiger partial charge on any atom is -0.493 e. The number of anilines is 1. The van der Waals surface area contributed by atoms with Crippen LogP contribution in [0.25, 0.3) is 0 Å². The number of benzene rings is 2. The number of rotatable bonds is 4. The molecular weight excluding hydrogens is 384 g/mol. The first-order valence-corrected chi connectivity index (χ1v) is 9.43. The molecule has 3 atom stereocenters. The molecule has 154 valence electrons. The van der Waals surface area contributed by atoms with Crippen molar-refractivity contribution in [1.82, 2.24) is 4.90 Å². The van der Waals surface area contributed by atoms with Crippen LogP contribution in [-0.2, 0) is 15.1 Å². The number of carbonyl (C=O) groups is 2. The van der Waals surface area contributed by atoms with Gasteiger partial charge in [-0.05, 0) is 30.8 Å². The quantitative estimate of drug-likeness (QED) is 0.796. The zero-order valence-corrected chi connectivity index (χ0v) is 16.9. The molecule has 0 radical (unpaired) electrons. The average molecular weight is 406 g/mol. The van der Waals surface area contributed by atoms with Gasteiger partial charge in [0.25, 0.3) is 5.91 Å². The lowest BCUT2D eigenvalue weighted by Crippen LogP contribution is -2.60.